The molecule has 0 fully saturated rings. The van der Waals surface area contributed by atoms with E-state index in [4.69, 9.17) is 4.74 Å². The van der Waals surface area contributed by atoms with E-state index in [1.807, 2.05) is 6.92 Å². The van der Waals surface area contributed by atoms with Crippen LogP contribution in [0.5, 0.6) is 6.01 Å². The number of ether oxygens (including phenoxy) is 1. The first kappa shape index (κ1) is 16.5. The van der Waals surface area contributed by atoms with E-state index in [0.29, 0.717) is 24.5 Å². The van der Waals surface area contributed by atoms with Crippen LogP contribution in [0.15, 0.2) is 0 Å². The fraction of sp³-hybridized carbons (Fsp3) is 0.786. The van der Waals surface area contributed by atoms with Crippen molar-refractivity contribution in [2.24, 2.45) is 5.92 Å². The third kappa shape index (κ3) is 6.54. The predicted octanol–water partition coefficient (Wildman–Crippen LogP) is 2.94. The van der Waals surface area contributed by atoms with Crippen molar-refractivity contribution < 1.29 is 4.74 Å². The van der Waals surface area contributed by atoms with Gasteiger partial charge in [0, 0.05) is 13.1 Å². The summed E-state index contributed by atoms with van der Waals surface area (Å²) in [6.07, 6.45) is 3.22. The van der Waals surface area contributed by atoms with E-state index in [1.54, 1.807) is 0 Å². The van der Waals surface area contributed by atoms with Gasteiger partial charge in [-0.05, 0) is 32.1 Å². The van der Waals surface area contributed by atoms with Gasteiger partial charge in [0.2, 0.25) is 11.9 Å². The predicted molar refractivity (Wildman–Crippen MR) is 82.3 cm³/mol. The van der Waals surface area contributed by atoms with Crippen molar-refractivity contribution in [1.29, 1.82) is 0 Å². The van der Waals surface area contributed by atoms with E-state index in [0.717, 1.165) is 31.8 Å². The van der Waals surface area contributed by atoms with E-state index < -0.39 is 0 Å². The molecule has 1 aromatic rings. The minimum Gasteiger partial charge on any atom is -0.463 e. The molecular weight excluding hydrogens is 254 g/mol. The van der Waals surface area contributed by atoms with Crippen molar-refractivity contribution in [3.05, 3.63) is 0 Å². The summed E-state index contributed by atoms with van der Waals surface area (Å²) in [5.74, 6) is 1.85. The molecule has 0 unspecified atom stereocenters. The summed E-state index contributed by atoms with van der Waals surface area (Å²) in [5.41, 5.74) is 0. The minimum atomic E-state index is 0.379. The number of rotatable bonds is 10. The molecule has 2 N–H and O–H groups in total. The average Bonchev–Trinajstić information content (AvgIpc) is 2.41. The highest BCUT2D eigenvalue weighted by Crippen LogP contribution is 2.12. The Balaban J connectivity index is 2.60. The Bertz CT molecular complexity index is 384. The largest absolute Gasteiger partial charge is 0.463 e. The van der Waals surface area contributed by atoms with Gasteiger partial charge in [-0.1, -0.05) is 20.8 Å². The van der Waals surface area contributed by atoms with Crippen LogP contribution in [0.1, 0.15) is 47.0 Å². The molecule has 1 rings (SSSR count). The second kappa shape index (κ2) is 9.34. The molecule has 0 aliphatic heterocycles. The maximum absolute atomic E-state index is 5.49. The third-order valence-corrected chi connectivity index (χ3v) is 2.63. The molecule has 6 nitrogen and oxygen atoms in total. The van der Waals surface area contributed by atoms with Gasteiger partial charge in [-0.3, -0.25) is 0 Å². The maximum atomic E-state index is 5.49. The average molecular weight is 281 g/mol. The zero-order valence-corrected chi connectivity index (χ0v) is 13.1. The molecule has 114 valence electrons. The Kier molecular flexibility index (Phi) is 7.69. The maximum Gasteiger partial charge on any atom is 0.323 e. The van der Waals surface area contributed by atoms with Gasteiger partial charge in [0.1, 0.15) is 0 Å². The lowest BCUT2D eigenvalue weighted by atomic mass is 10.1. The molecule has 0 radical (unpaired) electrons. The summed E-state index contributed by atoms with van der Waals surface area (Å²) in [6, 6.07) is 0.379. The minimum absolute atomic E-state index is 0.379. The molecule has 1 heterocycles. The summed E-state index contributed by atoms with van der Waals surface area (Å²) < 4.78 is 5.49. The Labute approximate surface area is 121 Å². The van der Waals surface area contributed by atoms with E-state index in [9.17, 15) is 0 Å². The Morgan fingerprint density at radius 3 is 2.35 bits per heavy atom. The van der Waals surface area contributed by atoms with Crippen molar-refractivity contribution in [3.8, 4) is 6.01 Å². The molecule has 0 atom stereocenters. The van der Waals surface area contributed by atoms with Crippen molar-refractivity contribution in [1.82, 2.24) is 15.0 Å². The lowest BCUT2D eigenvalue weighted by molar-refractivity contribution is 0.292. The van der Waals surface area contributed by atoms with Crippen LogP contribution in [0.4, 0.5) is 11.9 Å². The number of aromatic nitrogens is 3. The van der Waals surface area contributed by atoms with Crippen molar-refractivity contribution in [2.75, 3.05) is 30.3 Å². The molecule has 20 heavy (non-hydrogen) atoms. The topological polar surface area (TPSA) is 72.0 Å². The molecule has 0 spiro atoms. The molecule has 6 heteroatoms. The van der Waals surface area contributed by atoms with Gasteiger partial charge in [0.25, 0.3) is 0 Å². The highest BCUT2D eigenvalue weighted by atomic mass is 16.5. The quantitative estimate of drug-likeness (QED) is 0.642. The Morgan fingerprint density at radius 1 is 1.05 bits per heavy atom. The number of hydrogen-bond donors (Lipinski definition) is 2. The van der Waals surface area contributed by atoms with Crippen LogP contribution in [0.25, 0.3) is 0 Å². The zero-order valence-electron chi connectivity index (χ0n) is 13.1. The summed E-state index contributed by atoms with van der Waals surface area (Å²) in [4.78, 5) is 12.8. The fourth-order valence-corrected chi connectivity index (χ4v) is 1.64. The summed E-state index contributed by atoms with van der Waals surface area (Å²) in [5, 5.41) is 6.32. The smallest absolute Gasteiger partial charge is 0.323 e. The Hall–Kier alpha value is -1.59. The normalized spacial score (nSPS) is 10.7. The summed E-state index contributed by atoms with van der Waals surface area (Å²) in [6.45, 7) is 10.8. The van der Waals surface area contributed by atoms with Crippen molar-refractivity contribution in [3.63, 3.8) is 0 Å². The van der Waals surface area contributed by atoms with Crippen molar-refractivity contribution >= 4 is 11.9 Å². The van der Waals surface area contributed by atoms with Gasteiger partial charge < -0.3 is 15.4 Å². The molecule has 0 saturated heterocycles. The van der Waals surface area contributed by atoms with Crippen LogP contribution in [0.3, 0.4) is 0 Å². The molecule has 0 bridgehead atoms. The fourth-order valence-electron chi connectivity index (χ4n) is 1.64. The Morgan fingerprint density at radius 2 is 1.75 bits per heavy atom. The van der Waals surface area contributed by atoms with Crippen LogP contribution < -0.4 is 15.4 Å². The lowest BCUT2D eigenvalue weighted by Gasteiger charge is -2.10. The summed E-state index contributed by atoms with van der Waals surface area (Å²) in [7, 11) is 0. The van der Waals surface area contributed by atoms with Gasteiger partial charge in [0.15, 0.2) is 0 Å². The van der Waals surface area contributed by atoms with E-state index in [-0.39, 0.29) is 0 Å². The van der Waals surface area contributed by atoms with Crippen LogP contribution in [0, 0.1) is 5.92 Å². The van der Waals surface area contributed by atoms with Crippen LogP contribution >= 0.6 is 0 Å². The van der Waals surface area contributed by atoms with Gasteiger partial charge >= 0.3 is 6.01 Å². The molecule has 0 saturated carbocycles. The molecule has 1 aromatic heterocycles. The highest BCUT2D eigenvalue weighted by Gasteiger charge is 2.06. The first-order valence-corrected chi connectivity index (χ1v) is 7.52. The monoisotopic (exact) mass is 281 g/mol. The van der Waals surface area contributed by atoms with Crippen LogP contribution in [-0.2, 0) is 0 Å². The van der Waals surface area contributed by atoms with Crippen LogP contribution in [0.2, 0.25) is 0 Å². The second-order valence-electron chi connectivity index (χ2n) is 5.11. The van der Waals surface area contributed by atoms with Gasteiger partial charge in [-0.25, -0.2) is 0 Å². The van der Waals surface area contributed by atoms with Gasteiger partial charge in [0.05, 0.1) is 6.61 Å². The first-order valence-electron chi connectivity index (χ1n) is 7.52. The number of nitrogens with zero attached hydrogens (tertiary/aromatic N) is 3. The molecule has 0 amide bonds. The highest BCUT2D eigenvalue weighted by molar-refractivity contribution is 5.35. The number of nitrogens with one attached hydrogen (secondary N) is 2. The first-order chi connectivity index (χ1) is 9.65. The van der Waals surface area contributed by atoms with Gasteiger partial charge in [-0.15, -0.1) is 0 Å². The molecular formula is C14H27N5O. The molecule has 0 aliphatic carbocycles. The van der Waals surface area contributed by atoms with E-state index >= 15 is 0 Å². The number of hydrogen-bond acceptors (Lipinski definition) is 6. The van der Waals surface area contributed by atoms with Crippen molar-refractivity contribution in [2.45, 2.75) is 47.0 Å². The zero-order chi connectivity index (χ0) is 14.8. The standard InChI is InChI=1S/C14H27N5O/c1-5-10-20-14-18-12(15-6-2)17-13(19-14)16-9-7-8-11(3)4/h11H,5-10H2,1-4H3,(H2,15,16,17,18,19). The molecule has 0 aliphatic rings. The SMILES string of the molecule is CCCOc1nc(NCC)nc(NCCCC(C)C)n1. The number of anilines is 2. The molecule has 0 aromatic carbocycles. The summed E-state index contributed by atoms with van der Waals surface area (Å²) >= 11 is 0. The third-order valence-electron chi connectivity index (χ3n) is 2.63. The van der Waals surface area contributed by atoms with Crippen LogP contribution in [-0.4, -0.2) is 34.6 Å². The van der Waals surface area contributed by atoms with Gasteiger partial charge in [-0.2, -0.15) is 15.0 Å². The van der Waals surface area contributed by atoms with E-state index in [2.05, 4.69) is 46.4 Å². The lowest BCUT2D eigenvalue weighted by Crippen LogP contribution is -2.12. The second-order valence-corrected chi connectivity index (χ2v) is 5.11. The van der Waals surface area contributed by atoms with E-state index in [1.165, 1.54) is 6.42 Å².